The van der Waals surface area contributed by atoms with Crippen LogP contribution < -0.4 is 10.6 Å². The first-order valence-corrected chi connectivity index (χ1v) is 11.8. The lowest BCUT2D eigenvalue weighted by Gasteiger charge is -2.39. The Kier molecular flexibility index (Phi) is 10.3. The maximum atomic E-state index is 13.7. The van der Waals surface area contributed by atoms with E-state index in [1.807, 2.05) is 5.32 Å². The third kappa shape index (κ3) is 8.02. The van der Waals surface area contributed by atoms with E-state index in [4.69, 9.17) is 4.74 Å². The van der Waals surface area contributed by atoms with E-state index >= 15 is 0 Å². The average Bonchev–Trinajstić information content (AvgIpc) is 2.72. The molecule has 1 saturated heterocycles. The third-order valence-corrected chi connectivity index (χ3v) is 5.61. The molecule has 2 N–H and O–H groups in total. The number of nitrogens with one attached hydrogen (secondary N) is 2. The number of ether oxygens (including phenoxy) is 1. The minimum atomic E-state index is -6.12. The second kappa shape index (κ2) is 11.7. The summed E-state index contributed by atoms with van der Waals surface area (Å²) in [4.78, 5) is 51.9. The SMILES string of the molecule is CC(C)C(NC(=O)C1CCCCN1C(=O)[C@@H](NC(=O)OC(C)(C)C)C(C)C)C(=O)C(F)(F)C(F)(F)F. The number of halogens is 5. The van der Waals surface area contributed by atoms with Gasteiger partial charge in [0.2, 0.25) is 17.6 Å². The lowest BCUT2D eigenvalue weighted by atomic mass is 9.93. The van der Waals surface area contributed by atoms with Gasteiger partial charge in [0.1, 0.15) is 17.7 Å². The highest BCUT2D eigenvalue weighted by molar-refractivity contribution is 5.97. The number of rotatable bonds is 8. The summed E-state index contributed by atoms with van der Waals surface area (Å²) in [6.07, 6.45) is -5.89. The molecule has 13 heteroatoms. The first-order chi connectivity index (χ1) is 16.2. The molecule has 0 aromatic heterocycles. The maximum absolute atomic E-state index is 13.7. The summed E-state index contributed by atoms with van der Waals surface area (Å²) < 4.78 is 70.9. The molecule has 2 unspecified atom stereocenters. The van der Waals surface area contributed by atoms with Gasteiger partial charge >= 0.3 is 18.2 Å². The van der Waals surface area contributed by atoms with Crippen molar-refractivity contribution in [2.24, 2.45) is 11.8 Å². The van der Waals surface area contributed by atoms with E-state index < -0.39 is 71.4 Å². The number of Topliss-reactive ketones (excluding diaryl/α,β-unsaturated/α-hetero) is 1. The van der Waals surface area contributed by atoms with Crippen LogP contribution in [-0.2, 0) is 19.1 Å². The molecule has 0 spiro atoms. The van der Waals surface area contributed by atoms with Crippen molar-refractivity contribution in [3.63, 3.8) is 0 Å². The standard InChI is InChI=1S/C23H36F5N3O5/c1-12(2)15(17(32)22(24,25)23(26,27)28)29-18(33)14-10-8-9-11-31(14)19(34)16(13(3)4)30-20(35)36-21(5,6)7/h12-16H,8-11H2,1-7H3,(H,29,33)(H,30,35)/t14?,15?,16-/m0/s1. The van der Waals surface area contributed by atoms with Crippen molar-refractivity contribution >= 4 is 23.7 Å². The molecule has 1 rings (SSSR count). The molecule has 36 heavy (non-hydrogen) atoms. The van der Waals surface area contributed by atoms with Crippen LogP contribution in [0.5, 0.6) is 0 Å². The molecule has 1 aliphatic heterocycles. The van der Waals surface area contributed by atoms with E-state index in [2.05, 4.69) is 5.32 Å². The Bertz CT molecular complexity index is 824. The zero-order valence-corrected chi connectivity index (χ0v) is 21.6. The molecule has 0 aromatic carbocycles. The van der Waals surface area contributed by atoms with Crippen molar-refractivity contribution in [2.45, 2.75) is 104 Å². The normalized spacial score (nSPS) is 19.1. The van der Waals surface area contributed by atoms with Gasteiger partial charge < -0.3 is 20.3 Å². The third-order valence-electron chi connectivity index (χ3n) is 5.61. The minimum Gasteiger partial charge on any atom is -0.444 e. The van der Waals surface area contributed by atoms with E-state index in [0.717, 1.165) is 4.90 Å². The number of amides is 3. The number of carbonyl (C=O) groups is 4. The highest BCUT2D eigenvalue weighted by Gasteiger charge is 2.64. The Balaban J connectivity index is 3.15. The molecule has 8 nitrogen and oxygen atoms in total. The molecule has 1 heterocycles. The molecule has 1 fully saturated rings. The van der Waals surface area contributed by atoms with Crippen LogP contribution in [-0.4, -0.2) is 71.0 Å². The van der Waals surface area contributed by atoms with Crippen LogP contribution in [0, 0.1) is 11.8 Å². The maximum Gasteiger partial charge on any atom is 0.461 e. The Morgan fingerprint density at radius 3 is 1.83 bits per heavy atom. The van der Waals surface area contributed by atoms with Crippen LogP contribution in [0.25, 0.3) is 0 Å². The summed E-state index contributed by atoms with van der Waals surface area (Å²) in [5, 5.41) is 4.50. The van der Waals surface area contributed by atoms with Crippen LogP contribution in [0.4, 0.5) is 26.7 Å². The molecule has 3 amide bonds. The van der Waals surface area contributed by atoms with Crippen LogP contribution in [0.2, 0.25) is 0 Å². The van der Waals surface area contributed by atoms with Gasteiger partial charge in [-0.05, 0) is 51.9 Å². The molecule has 0 bridgehead atoms. The smallest absolute Gasteiger partial charge is 0.444 e. The average molecular weight is 530 g/mol. The van der Waals surface area contributed by atoms with E-state index in [0.29, 0.717) is 12.8 Å². The molecular formula is C23H36F5N3O5. The quantitative estimate of drug-likeness (QED) is 0.465. The number of alkyl halides is 5. The first kappa shape index (κ1) is 31.6. The van der Waals surface area contributed by atoms with Gasteiger partial charge in [0, 0.05) is 6.54 Å². The van der Waals surface area contributed by atoms with Crippen molar-refractivity contribution in [2.75, 3.05) is 6.54 Å². The monoisotopic (exact) mass is 529 g/mol. The molecule has 0 radical (unpaired) electrons. The van der Waals surface area contributed by atoms with Crippen LogP contribution >= 0.6 is 0 Å². The first-order valence-electron chi connectivity index (χ1n) is 11.8. The zero-order valence-electron chi connectivity index (χ0n) is 21.6. The second-order valence-corrected chi connectivity index (χ2v) is 10.6. The lowest BCUT2D eigenvalue weighted by Crippen LogP contribution is -2.62. The lowest BCUT2D eigenvalue weighted by molar-refractivity contribution is -0.270. The topological polar surface area (TPSA) is 105 Å². The van der Waals surface area contributed by atoms with Gasteiger partial charge in [-0.3, -0.25) is 14.4 Å². The summed E-state index contributed by atoms with van der Waals surface area (Å²) >= 11 is 0. The van der Waals surface area contributed by atoms with Gasteiger partial charge in [0.25, 0.3) is 0 Å². The van der Waals surface area contributed by atoms with Crippen molar-refractivity contribution < 1.29 is 45.9 Å². The van der Waals surface area contributed by atoms with Crippen molar-refractivity contribution in [3.8, 4) is 0 Å². The fourth-order valence-electron chi connectivity index (χ4n) is 3.71. The van der Waals surface area contributed by atoms with Gasteiger partial charge in [-0.1, -0.05) is 27.7 Å². The number of hydrogen-bond acceptors (Lipinski definition) is 5. The molecule has 208 valence electrons. The predicted molar refractivity (Wildman–Crippen MR) is 120 cm³/mol. The fraction of sp³-hybridized carbons (Fsp3) is 0.826. The van der Waals surface area contributed by atoms with Gasteiger partial charge in [-0.25, -0.2) is 4.79 Å². The van der Waals surface area contributed by atoms with Crippen LogP contribution in [0.1, 0.15) is 67.7 Å². The number of alkyl carbamates (subject to hydrolysis) is 1. The second-order valence-electron chi connectivity index (χ2n) is 10.6. The molecule has 0 aliphatic carbocycles. The van der Waals surface area contributed by atoms with E-state index in [9.17, 15) is 41.1 Å². The highest BCUT2D eigenvalue weighted by atomic mass is 19.4. The highest BCUT2D eigenvalue weighted by Crippen LogP contribution is 2.37. The number of likely N-dealkylation sites (tertiary alicyclic amines) is 1. The number of ketones is 1. The predicted octanol–water partition coefficient (Wildman–Crippen LogP) is 3.82. The Labute approximate surface area is 207 Å². The molecule has 3 atom stereocenters. The van der Waals surface area contributed by atoms with Gasteiger partial charge in [-0.15, -0.1) is 0 Å². The van der Waals surface area contributed by atoms with E-state index in [1.165, 1.54) is 13.8 Å². The van der Waals surface area contributed by atoms with Crippen LogP contribution in [0.3, 0.4) is 0 Å². The molecule has 0 saturated carbocycles. The summed E-state index contributed by atoms with van der Waals surface area (Å²) in [5.74, 6) is -11.3. The Morgan fingerprint density at radius 1 is 0.861 bits per heavy atom. The van der Waals surface area contributed by atoms with E-state index in [-0.39, 0.29) is 13.0 Å². The zero-order chi connectivity index (χ0) is 28.2. The van der Waals surface area contributed by atoms with Gasteiger partial charge in [-0.2, -0.15) is 22.0 Å². The number of piperidine rings is 1. The van der Waals surface area contributed by atoms with Crippen molar-refractivity contribution in [3.05, 3.63) is 0 Å². The number of hydrogen-bond donors (Lipinski definition) is 2. The van der Waals surface area contributed by atoms with E-state index in [1.54, 1.807) is 34.6 Å². The summed E-state index contributed by atoms with van der Waals surface area (Å²) in [6.45, 7) is 10.8. The van der Waals surface area contributed by atoms with Crippen molar-refractivity contribution in [1.82, 2.24) is 15.5 Å². The summed E-state index contributed by atoms with van der Waals surface area (Å²) in [7, 11) is 0. The minimum absolute atomic E-state index is 0.0924. The molecule has 1 aliphatic rings. The Hall–Kier alpha value is -2.47. The fourth-order valence-corrected chi connectivity index (χ4v) is 3.71. The number of carbonyl (C=O) groups excluding carboxylic acids is 4. The largest absolute Gasteiger partial charge is 0.461 e. The summed E-state index contributed by atoms with van der Waals surface area (Å²) in [5.41, 5.74) is -0.834. The Morgan fingerprint density at radius 2 is 1.39 bits per heavy atom. The number of nitrogens with zero attached hydrogens (tertiary/aromatic N) is 1. The van der Waals surface area contributed by atoms with Gasteiger partial charge in [0.15, 0.2) is 0 Å². The summed E-state index contributed by atoms with van der Waals surface area (Å²) in [6, 6.07) is -4.44. The molecule has 0 aromatic rings. The molecular weight excluding hydrogens is 493 g/mol. The van der Waals surface area contributed by atoms with Gasteiger partial charge in [0.05, 0.1) is 6.04 Å². The van der Waals surface area contributed by atoms with Crippen LogP contribution in [0.15, 0.2) is 0 Å². The van der Waals surface area contributed by atoms with Crippen molar-refractivity contribution in [1.29, 1.82) is 0 Å².